The van der Waals surface area contributed by atoms with Gasteiger partial charge in [0, 0.05) is 19.1 Å². The SMILES string of the molecule is CCCNC(C)c1ccc(S(=O)(=O)N2CCCCC2)cc1. The summed E-state index contributed by atoms with van der Waals surface area (Å²) in [6.45, 7) is 6.50. The van der Waals surface area contributed by atoms with Crippen molar-refractivity contribution >= 4 is 10.0 Å². The summed E-state index contributed by atoms with van der Waals surface area (Å²) in [4.78, 5) is 0.413. The van der Waals surface area contributed by atoms with Crippen molar-refractivity contribution in [3.8, 4) is 0 Å². The summed E-state index contributed by atoms with van der Waals surface area (Å²) in [5.41, 5.74) is 1.13. The van der Waals surface area contributed by atoms with E-state index in [1.807, 2.05) is 12.1 Å². The molecule has 0 aliphatic carbocycles. The maximum Gasteiger partial charge on any atom is 0.243 e. The molecule has 1 N–H and O–H groups in total. The monoisotopic (exact) mass is 310 g/mol. The number of piperidine rings is 1. The standard InChI is InChI=1S/C16H26N2O2S/c1-3-11-17-14(2)15-7-9-16(10-8-15)21(19,20)18-12-5-4-6-13-18/h7-10,14,17H,3-6,11-13H2,1-2H3. The highest BCUT2D eigenvalue weighted by atomic mass is 32.2. The third-order valence-corrected chi connectivity index (χ3v) is 5.95. The van der Waals surface area contributed by atoms with E-state index in [1.54, 1.807) is 16.4 Å². The first-order chi connectivity index (χ1) is 10.1. The van der Waals surface area contributed by atoms with E-state index in [2.05, 4.69) is 19.2 Å². The third kappa shape index (κ3) is 4.05. The molecule has 1 unspecified atom stereocenters. The zero-order valence-corrected chi connectivity index (χ0v) is 13.8. The van der Waals surface area contributed by atoms with Crippen LogP contribution in [-0.2, 0) is 10.0 Å². The molecular formula is C16H26N2O2S. The van der Waals surface area contributed by atoms with E-state index >= 15 is 0 Å². The summed E-state index contributed by atoms with van der Waals surface area (Å²) in [5, 5.41) is 3.41. The minimum Gasteiger partial charge on any atom is -0.310 e. The number of hydrogen-bond acceptors (Lipinski definition) is 3. The van der Waals surface area contributed by atoms with Crippen LogP contribution in [-0.4, -0.2) is 32.4 Å². The molecule has 1 aliphatic heterocycles. The van der Waals surface area contributed by atoms with E-state index in [4.69, 9.17) is 0 Å². The van der Waals surface area contributed by atoms with Crippen LogP contribution in [0.2, 0.25) is 0 Å². The Kier molecular flexibility index (Phi) is 5.79. The first kappa shape index (κ1) is 16.5. The minimum atomic E-state index is -3.31. The lowest BCUT2D eigenvalue weighted by Gasteiger charge is -2.26. The zero-order chi connectivity index (χ0) is 15.3. The normalized spacial score (nSPS) is 18.6. The van der Waals surface area contributed by atoms with E-state index < -0.39 is 10.0 Å². The van der Waals surface area contributed by atoms with Crippen LogP contribution in [0.5, 0.6) is 0 Å². The van der Waals surface area contributed by atoms with Gasteiger partial charge in [-0.25, -0.2) is 8.42 Å². The topological polar surface area (TPSA) is 49.4 Å². The molecule has 0 amide bonds. The molecule has 0 saturated carbocycles. The Labute approximate surface area is 128 Å². The maximum absolute atomic E-state index is 12.6. The van der Waals surface area contributed by atoms with E-state index in [9.17, 15) is 8.42 Å². The Balaban J connectivity index is 2.10. The van der Waals surface area contributed by atoms with Crippen LogP contribution >= 0.6 is 0 Å². The van der Waals surface area contributed by atoms with E-state index in [-0.39, 0.29) is 6.04 Å². The molecular weight excluding hydrogens is 284 g/mol. The zero-order valence-electron chi connectivity index (χ0n) is 13.0. The smallest absolute Gasteiger partial charge is 0.243 e. The minimum absolute atomic E-state index is 0.247. The van der Waals surface area contributed by atoms with Gasteiger partial charge < -0.3 is 5.32 Å². The fourth-order valence-electron chi connectivity index (χ4n) is 2.66. The molecule has 5 heteroatoms. The van der Waals surface area contributed by atoms with Crippen molar-refractivity contribution in [3.05, 3.63) is 29.8 Å². The highest BCUT2D eigenvalue weighted by Gasteiger charge is 2.25. The molecule has 1 aliphatic rings. The van der Waals surface area contributed by atoms with Crippen molar-refractivity contribution < 1.29 is 8.42 Å². The lowest BCUT2D eigenvalue weighted by Crippen LogP contribution is -2.35. The van der Waals surface area contributed by atoms with Gasteiger partial charge in [0.15, 0.2) is 0 Å². The van der Waals surface area contributed by atoms with Gasteiger partial charge >= 0.3 is 0 Å². The van der Waals surface area contributed by atoms with Crippen LogP contribution in [0.4, 0.5) is 0 Å². The molecule has 1 aromatic rings. The second kappa shape index (κ2) is 7.38. The lowest BCUT2D eigenvalue weighted by atomic mass is 10.1. The van der Waals surface area contributed by atoms with Crippen molar-refractivity contribution in [2.24, 2.45) is 0 Å². The predicted molar refractivity (Wildman–Crippen MR) is 85.8 cm³/mol. The highest BCUT2D eigenvalue weighted by molar-refractivity contribution is 7.89. The molecule has 1 atom stereocenters. The van der Waals surface area contributed by atoms with Crippen LogP contribution in [0.25, 0.3) is 0 Å². The number of nitrogens with one attached hydrogen (secondary N) is 1. The Morgan fingerprint density at radius 1 is 1.14 bits per heavy atom. The van der Waals surface area contributed by atoms with Crippen molar-refractivity contribution in [3.63, 3.8) is 0 Å². The highest BCUT2D eigenvalue weighted by Crippen LogP contribution is 2.22. The van der Waals surface area contributed by atoms with Gasteiger partial charge in [-0.2, -0.15) is 4.31 Å². The van der Waals surface area contributed by atoms with Crippen molar-refractivity contribution in [1.82, 2.24) is 9.62 Å². The van der Waals surface area contributed by atoms with Gasteiger partial charge in [-0.05, 0) is 50.4 Å². The average molecular weight is 310 g/mol. The summed E-state index contributed by atoms with van der Waals surface area (Å²) in [6, 6.07) is 7.57. The van der Waals surface area contributed by atoms with Crippen LogP contribution in [0.15, 0.2) is 29.2 Å². The Hall–Kier alpha value is -0.910. The molecule has 0 bridgehead atoms. The first-order valence-corrected chi connectivity index (χ1v) is 9.33. The Morgan fingerprint density at radius 3 is 2.33 bits per heavy atom. The second-order valence-corrected chi connectivity index (χ2v) is 7.65. The lowest BCUT2D eigenvalue weighted by molar-refractivity contribution is 0.346. The molecule has 0 radical (unpaired) electrons. The van der Waals surface area contributed by atoms with Gasteiger partial charge in [0.05, 0.1) is 4.90 Å². The molecule has 0 aromatic heterocycles. The fraction of sp³-hybridized carbons (Fsp3) is 0.625. The summed E-state index contributed by atoms with van der Waals surface area (Å²) in [7, 11) is -3.31. The third-order valence-electron chi connectivity index (χ3n) is 4.03. The van der Waals surface area contributed by atoms with Gasteiger partial charge in [0.25, 0.3) is 0 Å². The largest absolute Gasteiger partial charge is 0.310 e. The molecule has 118 valence electrons. The quantitative estimate of drug-likeness (QED) is 0.879. The second-order valence-electron chi connectivity index (χ2n) is 5.71. The van der Waals surface area contributed by atoms with E-state index in [0.29, 0.717) is 18.0 Å². The van der Waals surface area contributed by atoms with Gasteiger partial charge in [-0.3, -0.25) is 0 Å². The van der Waals surface area contributed by atoms with E-state index in [0.717, 1.165) is 37.8 Å². The summed E-state index contributed by atoms with van der Waals surface area (Å²) in [5.74, 6) is 0. The average Bonchev–Trinajstić information content (AvgIpc) is 2.53. The van der Waals surface area contributed by atoms with Gasteiger partial charge in [0.2, 0.25) is 10.0 Å². The molecule has 1 aromatic carbocycles. The van der Waals surface area contributed by atoms with Crippen LogP contribution in [0, 0.1) is 0 Å². The molecule has 0 spiro atoms. The number of sulfonamides is 1. The van der Waals surface area contributed by atoms with Gasteiger partial charge in [-0.15, -0.1) is 0 Å². The van der Waals surface area contributed by atoms with Crippen molar-refractivity contribution in [2.45, 2.75) is 50.5 Å². The molecule has 1 heterocycles. The molecule has 21 heavy (non-hydrogen) atoms. The number of rotatable bonds is 6. The van der Waals surface area contributed by atoms with E-state index in [1.165, 1.54) is 0 Å². The summed E-state index contributed by atoms with van der Waals surface area (Å²) in [6.07, 6.45) is 4.15. The number of hydrogen-bond donors (Lipinski definition) is 1. The molecule has 4 nitrogen and oxygen atoms in total. The van der Waals surface area contributed by atoms with Crippen molar-refractivity contribution in [2.75, 3.05) is 19.6 Å². The molecule has 1 fully saturated rings. The van der Waals surface area contributed by atoms with Crippen LogP contribution in [0.1, 0.15) is 51.1 Å². The van der Waals surface area contributed by atoms with Gasteiger partial charge in [-0.1, -0.05) is 25.5 Å². The van der Waals surface area contributed by atoms with Crippen molar-refractivity contribution in [1.29, 1.82) is 0 Å². The fourth-order valence-corrected chi connectivity index (χ4v) is 4.18. The predicted octanol–water partition coefficient (Wildman–Crippen LogP) is 2.92. The first-order valence-electron chi connectivity index (χ1n) is 7.89. The Morgan fingerprint density at radius 2 is 1.76 bits per heavy atom. The molecule has 2 rings (SSSR count). The summed E-state index contributed by atoms with van der Waals surface area (Å²) >= 11 is 0. The molecule has 1 saturated heterocycles. The number of nitrogens with zero attached hydrogens (tertiary/aromatic N) is 1. The summed E-state index contributed by atoms with van der Waals surface area (Å²) < 4.78 is 26.7. The van der Waals surface area contributed by atoms with Crippen LogP contribution < -0.4 is 5.32 Å². The van der Waals surface area contributed by atoms with Crippen LogP contribution in [0.3, 0.4) is 0 Å². The Bertz CT molecular complexity index is 534. The number of benzene rings is 1. The van der Waals surface area contributed by atoms with Gasteiger partial charge in [0.1, 0.15) is 0 Å². The maximum atomic E-state index is 12.6.